The van der Waals surface area contributed by atoms with Gasteiger partial charge in [-0.15, -0.1) is 0 Å². The third-order valence-corrected chi connectivity index (χ3v) is 18.1. The molecule has 0 atom stereocenters. The van der Waals surface area contributed by atoms with E-state index in [0.717, 1.165) is 30.1 Å². The third-order valence-electron chi connectivity index (χ3n) is 12.6. The molecule has 250 valence electrons. The van der Waals surface area contributed by atoms with Crippen LogP contribution in [-0.4, -0.2) is 3.81 Å². The summed E-state index contributed by atoms with van der Waals surface area (Å²) >= 11 is -2.04. The van der Waals surface area contributed by atoms with Gasteiger partial charge >= 0.3 is 290 Å². The van der Waals surface area contributed by atoms with Crippen LogP contribution in [0.2, 0.25) is 0 Å². The molecular formula is C46H48Cl2Ti. The minimum Gasteiger partial charge on any atom is -1.00 e. The molecule has 0 unspecified atom stereocenters. The van der Waals surface area contributed by atoms with Crippen LogP contribution >= 0.6 is 0 Å². The summed E-state index contributed by atoms with van der Waals surface area (Å²) in [5.74, 6) is 3.73. The monoisotopic (exact) mass is 718 g/mol. The van der Waals surface area contributed by atoms with E-state index in [4.69, 9.17) is 0 Å². The van der Waals surface area contributed by atoms with Crippen LogP contribution in [-0.2, 0) is 23.8 Å². The second-order valence-electron chi connectivity index (χ2n) is 16.1. The summed E-state index contributed by atoms with van der Waals surface area (Å²) in [6.45, 7) is 13.8. The molecule has 4 fully saturated rings. The average Bonchev–Trinajstić information content (AvgIpc) is 3.66. The molecule has 10 rings (SSSR count). The largest absolute Gasteiger partial charge is 1.00 e. The molecule has 6 aliphatic rings. The first-order valence-corrected chi connectivity index (χ1v) is 20.6. The van der Waals surface area contributed by atoms with E-state index in [-0.39, 0.29) is 24.8 Å². The molecular weight excluding hydrogens is 671 g/mol. The van der Waals surface area contributed by atoms with Crippen LogP contribution in [0.1, 0.15) is 83.0 Å². The molecule has 4 aromatic rings. The number of hydrogen-bond donors (Lipinski definition) is 0. The minimum absolute atomic E-state index is 0. The van der Waals surface area contributed by atoms with Gasteiger partial charge in [0.15, 0.2) is 0 Å². The molecule has 4 saturated carbocycles. The summed E-state index contributed by atoms with van der Waals surface area (Å²) < 4.78 is 5.72. The average molecular weight is 720 g/mol. The van der Waals surface area contributed by atoms with Crippen LogP contribution in [0.15, 0.2) is 76.7 Å². The van der Waals surface area contributed by atoms with Gasteiger partial charge in [0.05, 0.1) is 0 Å². The molecule has 4 bridgehead atoms. The Morgan fingerprint density at radius 1 is 0.592 bits per heavy atom. The Hall–Kier alpha value is -2.48. The summed E-state index contributed by atoms with van der Waals surface area (Å²) in [5, 5.41) is 0. The van der Waals surface area contributed by atoms with E-state index in [1.807, 2.05) is 7.75 Å². The van der Waals surface area contributed by atoms with E-state index < -0.39 is 17.4 Å². The Morgan fingerprint density at radius 2 is 1.14 bits per heavy atom. The summed E-state index contributed by atoms with van der Waals surface area (Å²) in [4.78, 5) is 0. The number of rotatable bonds is 4. The van der Waals surface area contributed by atoms with Gasteiger partial charge < -0.3 is 24.8 Å². The normalized spacial score (nSPS) is 22.2. The number of aryl methyl sites for hydroxylation is 6. The van der Waals surface area contributed by atoms with E-state index in [1.54, 1.807) is 11.1 Å². The maximum Gasteiger partial charge on any atom is -1.00 e. The van der Waals surface area contributed by atoms with Crippen LogP contribution in [0.3, 0.4) is 0 Å². The fourth-order valence-corrected chi connectivity index (χ4v) is 17.4. The topological polar surface area (TPSA) is 0 Å². The fourth-order valence-electron chi connectivity index (χ4n) is 11.4. The maximum absolute atomic E-state index is 2.58. The Kier molecular flexibility index (Phi) is 9.45. The quantitative estimate of drug-likeness (QED) is 0.225. The van der Waals surface area contributed by atoms with Crippen molar-refractivity contribution >= 4 is 7.68 Å². The predicted molar refractivity (Wildman–Crippen MR) is 198 cm³/mol. The first-order valence-electron chi connectivity index (χ1n) is 18.3. The number of allylic oxidation sites excluding steroid dienone is 4. The number of hydrogen-bond acceptors (Lipinski definition) is 0. The van der Waals surface area contributed by atoms with Gasteiger partial charge in [-0.1, -0.05) is 0 Å². The molecule has 0 amide bonds. The van der Waals surface area contributed by atoms with Crippen molar-refractivity contribution in [2.45, 2.75) is 86.5 Å². The Labute approximate surface area is 312 Å². The van der Waals surface area contributed by atoms with E-state index in [9.17, 15) is 0 Å². The van der Waals surface area contributed by atoms with E-state index in [1.165, 1.54) is 105 Å². The first-order chi connectivity index (χ1) is 22.7. The van der Waals surface area contributed by atoms with Gasteiger partial charge in [0, 0.05) is 0 Å². The molecule has 4 aromatic carbocycles. The SMILES string of the molecule is Cc1cc(C)c(-c2ccc3c(c2)Cc2c-3ccc(-c3c(C)cc(C)cc3C)[c]2[Ti+2]([C]2=CC=CC2)=[C]2C3CC4CC(C3)CC2C4)c(C)c1.[Cl-].[Cl-]. The molecule has 0 nitrogen and oxygen atoms in total. The molecule has 0 saturated heterocycles. The van der Waals surface area contributed by atoms with E-state index in [0.29, 0.717) is 0 Å². The number of fused-ring (bicyclic) bond motifs is 3. The maximum atomic E-state index is 2.58. The molecule has 3 heteroatoms. The van der Waals surface area contributed by atoms with Crippen LogP contribution in [0.25, 0.3) is 33.4 Å². The van der Waals surface area contributed by atoms with Crippen molar-refractivity contribution in [3.05, 3.63) is 121 Å². The van der Waals surface area contributed by atoms with E-state index >= 15 is 0 Å². The van der Waals surface area contributed by atoms with Crippen molar-refractivity contribution in [2.24, 2.45) is 23.7 Å². The minimum atomic E-state index is -2.04. The van der Waals surface area contributed by atoms with Crippen molar-refractivity contribution in [1.82, 2.24) is 0 Å². The zero-order valence-corrected chi connectivity index (χ0v) is 33.0. The third kappa shape index (κ3) is 5.74. The molecule has 0 radical (unpaired) electrons. The van der Waals surface area contributed by atoms with Crippen LogP contribution < -0.4 is 28.7 Å². The molecule has 0 aromatic heterocycles. The molecule has 0 N–H and O–H groups in total. The van der Waals surface area contributed by atoms with Crippen molar-refractivity contribution in [3.63, 3.8) is 0 Å². The van der Waals surface area contributed by atoms with Gasteiger partial charge in [-0.25, -0.2) is 0 Å². The summed E-state index contributed by atoms with van der Waals surface area (Å²) in [6, 6.07) is 22.1. The second kappa shape index (κ2) is 13.3. The molecule has 49 heavy (non-hydrogen) atoms. The summed E-state index contributed by atoms with van der Waals surface area (Å²) in [7, 11) is 0. The number of benzene rings is 4. The summed E-state index contributed by atoms with van der Waals surface area (Å²) in [5.41, 5.74) is 20.5. The van der Waals surface area contributed by atoms with Crippen LogP contribution in [0.4, 0.5) is 0 Å². The van der Waals surface area contributed by atoms with Gasteiger partial charge in [-0.2, -0.15) is 0 Å². The zero-order chi connectivity index (χ0) is 32.1. The molecule has 6 aliphatic carbocycles. The van der Waals surface area contributed by atoms with Gasteiger partial charge in [0.1, 0.15) is 0 Å². The molecule has 0 aliphatic heterocycles. The van der Waals surface area contributed by atoms with Crippen LogP contribution in [0.5, 0.6) is 0 Å². The van der Waals surface area contributed by atoms with E-state index in [2.05, 4.69) is 118 Å². The summed E-state index contributed by atoms with van der Waals surface area (Å²) in [6.07, 6.45) is 17.1. The number of halogens is 2. The van der Waals surface area contributed by atoms with Crippen LogP contribution in [0, 0.1) is 65.2 Å². The molecule has 0 heterocycles. The van der Waals surface area contributed by atoms with Crippen molar-refractivity contribution < 1.29 is 42.2 Å². The Balaban J connectivity index is 0.00000189. The Bertz CT molecular complexity index is 2030. The standard InChI is InChI=1S/C31H29.C10H14.C5H5.2ClH.Ti/c1-18-11-20(3)30(21(4)12-18)24-7-9-28-26(15-24)17-27-16-25(8-10-29(27)28)31-22(5)13-19(2)14-23(31)6;1-7-2-9-4-8(1)5-10(3-7)6-9;1-2-4-5-3-1;;;/h7-15H,17H2,1-6H3;7-10H,1-5H2;1-3H,4H2;2*1H;/q;;;;;+2/p-2. The van der Waals surface area contributed by atoms with Gasteiger partial charge in [0.25, 0.3) is 0 Å². The Morgan fingerprint density at radius 3 is 1.71 bits per heavy atom. The van der Waals surface area contributed by atoms with Crippen molar-refractivity contribution in [2.75, 3.05) is 0 Å². The van der Waals surface area contributed by atoms with Gasteiger partial charge in [0.2, 0.25) is 0 Å². The van der Waals surface area contributed by atoms with Crippen molar-refractivity contribution in [1.29, 1.82) is 0 Å². The second-order valence-corrected chi connectivity index (χ2v) is 19.9. The fraction of sp³-hybridized carbons (Fsp3) is 0.370. The van der Waals surface area contributed by atoms with Crippen molar-refractivity contribution in [3.8, 4) is 33.4 Å². The van der Waals surface area contributed by atoms with Gasteiger partial charge in [-0.05, 0) is 0 Å². The predicted octanol–water partition coefficient (Wildman–Crippen LogP) is 5.17. The van der Waals surface area contributed by atoms with Gasteiger partial charge in [-0.3, -0.25) is 0 Å². The zero-order valence-electron chi connectivity index (χ0n) is 29.9. The molecule has 0 spiro atoms. The first kappa shape index (κ1) is 34.9. The smallest absolute Gasteiger partial charge is 1.00 e.